The van der Waals surface area contributed by atoms with E-state index in [2.05, 4.69) is 100 Å². The molecule has 0 spiro atoms. The van der Waals surface area contributed by atoms with E-state index in [9.17, 15) is 10.5 Å². The zero-order valence-corrected chi connectivity index (χ0v) is 20.1. The van der Waals surface area contributed by atoms with Gasteiger partial charge in [0, 0.05) is 5.30 Å². The van der Waals surface area contributed by atoms with Crippen LogP contribution in [0.1, 0.15) is 11.1 Å². The lowest BCUT2D eigenvalue weighted by molar-refractivity contribution is 1.47. The highest BCUT2D eigenvalue weighted by Crippen LogP contribution is 2.34. The molecule has 0 saturated carbocycles. The van der Waals surface area contributed by atoms with Crippen LogP contribution in [0.5, 0.6) is 0 Å². The minimum absolute atomic E-state index is 0.492. The van der Waals surface area contributed by atoms with Crippen LogP contribution >= 0.6 is 9.24 Å². The quantitative estimate of drug-likeness (QED) is 0.257. The van der Waals surface area contributed by atoms with Gasteiger partial charge in [-0.1, -0.05) is 78.9 Å². The number of nitrogens with zero attached hydrogens (tertiary/aromatic N) is 2. The molecule has 5 aromatic rings. The van der Waals surface area contributed by atoms with Gasteiger partial charge in [0.25, 0.3) is 0 Å². The molecular formula is C32H21N2P. The highest BCUT2D eigenvalue weighted by molar-refractivity contribution is 7.27. The molecule has 3 heteroatoms. The molecule has 35 heavy (non-hydrogen) atoms. The summed E-state index contributed by atoms with van der Waals surface area (Å²) in [6.45, 7) is 0. The van der Waals surface area contributed by atoms with Gasteiger partial charge >= 0.3 is 0 Å². The number of benzene rings is 5. The van der Waals surface area contributed by atoms with Crippen molar-refractivity contribution in [3.63, 3.8) is 0 Å². The molecule has 164 valence electrons. The highest BCUT2D eigenvalue weighted by Gasteiger charge is 2.11. The first-order valence-electron chi connectivity index (χ1n) is 11.3. The summed E-state index contributed by atoms with van der Waals surface area (Å²) in [6.07, 6.45) is 0. The van der Waals surface area contributed by atoms with E-state index in [1.807, 2.05) is 36.4 Å². The van der Waals surface area contributed by atoms with Crippen LogP contribution < -0.4 is 5.30 Å². The van der Waals surface area contributed by atoms with Crippen molar-refractivity contribution in [2.75, 3.05) is 0 Å². The third-order valence-corrected chi connectivity index (χ3v) is 6.72. The Morgan fingerprint density at radius 3 is 1.17 bits per heavy atom. The van der Waals surface area contributed by atoms with Crippen LogP contribution in [-0.2, 0) is 0 Å². The first-order chi connectivity index (χ1) is 17.2. The van der Waals surface area contributed by atoms with E-state index in [-0.39, 0.29) is 0 Å². The summed E-state index contributed by atoms with van der Waals surface area (Å²) in [5, 5.41) is 19.7. The molecule has 2 nitrogen and oxygen atoms in total. The van der Waals surface area contributed by atoms with Gasteiger partial charge in [0.05, 0.1) is 23.3 Å². The molecule has 0 bridgehead atoms. The van der Waals surface area contributed by atoms with E-state index in [1.54, 1.807) is 0 Å². The van der Waals surface area contributed by atoms with Crippen molar-refractivity contribution in [3.8, 4) is 56.6 Å². The van der Waals surface area contributed by atoms with E-state index < -0.39 is 0 Å². The molecule has 0 aliphatic heterocycles. The Bertz CT molecular complexity index is 1520. The predicted octanol–water partition coefficient (Wildman–Crippen LogP) is 7.60. The molecular weight excluding hydrogens is 443 g/mol. The first-order valence-corrected chi connectivity index (χ1v) is 11.8. The van der Waals surface area contributed by atoms with Crippen molar-refractivity contribution in [1.29, 1.82) is 10.5 Å². The van der Waals surface area contributed by atoms with Gasteiger partial charge in [-0.25, -0.2) is 0 Å². The Hall–Kier alpha value is -4.49. The molecule has 0 amide bonds. The smallest absolute Gasteiger partial charge is 0.0998 e. The number of rotatable bonds is 4. The Morgan fingerprint density at radius 1 is 0.400 bits per heavy atom. The fraction of sp³-hybridized carbons (Fsp3) is 0. The molecule has 5 rings (SSSR count). The van der Waals surface area contributed by atoms with E-state index in [0.717, 1.165) is 44.5 Å². The van der Waals surface area contributed by atoms with Gasteiger partial charge < -0.3 is 0 Å². The molecule has 0 aromatic heterocycles. The standard InChI is InChI=1S/C32H21N2P/c33-20-30-18-29(19-31(21-34)32(30)35)25-13-7-12-24(14-25)28-16-26(22-8-3-1-4-9-22)15-27(17-28)23-10-5-2-6-11-23/h1-19H,35H2. The summed E-state index contributed by atoms with van der Waals surface area (Å²) >= 11 is 0. The fourth-order valence-electron chi connectivity index (χ4n) is 4.27. The molecule has 1 atom stereocenters. The van der Waals surface area contributed by atoms with Crippen LogP contribution in [0, 0.1) is 22.7 Å². The monoisotopic (exact) mass is 464 g/mol. The second-order valence-electron chi connectivity index (χ2n) is 8.32. The summed E-state index contributed by atoms with van der Waals surface area (Å²) < 4.78 is 0. The Morgan fingerprint density at radius 2 is 0.743 bits per heavy atom. The van der Waals surface area contributed by atoms with E-state index in [0.29, 0.717) is 16.4 Å². The molecule has 0 fully saturated rings. The Labute approximate surface area is 208 Å². The van der Waals surface area contributed by atoms with E-state index in [4.69, 9.17) is 0 Å². The van der Waals surface area contributed by atoms with Gasteiger partial charge in [-0.3, -0.25) is 0 Å². The summed E-state index contributed by atoms with van der Waals surface area (Å²) in [5.74, 6) is 0. The largest absolute Gasteiger partial charge is 0.192 e. The van der Waals surface area contributed by atoms with Crippen molar-refractivity contribution in [1.82, 2.24) is 0 Å². The fourth-order valence-corrected chi connectivity index (χ4v) is 4.57. The molecule has 0 radical (unpaired) electrons. The molecule has 1 unspecified atom stereocenters. The lowest BCUT2D eigenvalue weighted by Gasteiger charge is -2.13. The second-order valence-corrected chi connectivity index (χ2v) is 8.90. The molecule has 0 N–H and O–H groups in total. The molecule has 0 aliphatic carbocycles. The van der Waals surface area contributed by atoms with Crippen molar-refractivity contribution >= 4 is 14.5 Å². The maximum Gasteiger partial charge on any atom is 0.0998 e. The van der Waals surface area contributed by atoms with Gasteiger partial charge in [0.2, 0.25) is 0 Å². The summed E-state index contributed by atoms with van der Waals surface area (Å²) in [7, 11) is 2.51. The lowest BCUT2D eigenvalue weighted by atomic mass is 9.92. The number of nitriles is 2. The zero-order valence-electron chi connectivity index (χ0n) is 18.9. The zero-order chi connectivity index (χ0) is 24.2. The van der Waals surface area contributed by atoms with E-state index >= 15 is 0 Å². The van der Waals surface area contributed by atoms with Crippen LogP contribution in [-0.4, -0.2) is 0 Å². The minimum Gasteiger partial charge on any atom is -0.192 e. The maximum atomic E-state index is 9.55. The minimum atomic E-state index is 0.492. The van der Waals surface area contributed by atoms with Crippen molar-refractivity contribution in [2.24, 2.45) is 0 Å². The molecule has 0 aliphatic rings. The van der Waals surface area contributed by atoms with Crippen LogP contribution in [0.2, 0.25) is 0 Å². The summed E-state index contributed by atoms with van der Waals surface area (Å²) in [4.78, 5) is 0. The highest BCUT2D eigenvalue weighted by atomic mass is 31.0. The Balaban J connectivity index is 1.67. The van der Waals surface area contributed by atoms with Crippen molar-refractivity contribution in [3.05, 3.63) is 126 Å². The number of hydrogen-bond donors (Lipinski definition) is 0. The average molecular weight is 465 g/mol. The Kier molecular flexibility index (Phi) is 6.24. The maximum absolute atomic E-state index is 9.55. The lowest BCUT2D eigenvalue weighted by Crippen LogP contribution is -2.04. The van der Waals surface area contributed by atoms with Crippen LogP contribution in [0.25, 0.3) is 44.5 Å². The van der Waals surface area contributed by atoms with Gasteiger partial charge in [0.15, 0.2) is 0 Å². The van der Waals surface area contributed by atoms with Crippen molar-refractivity contribution < 1.29 is 0 Å². The van der Waals surface area contributed by atoms with Gasteiger partial charge in [-0.2, -0.15) is 10.5 Å². The topological polar surface area (TPSA) is 47.6 Å². The first kappa shape index (κ1) is 22.3. The molecule has 5 aromatic carbocycles. The van der Waals surface area contributed by atoms with E-state index in [1.165, 1.54) is 0 Å². The third-order valence-electron chi connectivity index (χ3n) is 6.10. The van der Waals surface area contributed by atoms with Gasteiger partial charge in [-0.05, 0) is 80.9 Å². The van der Waals surface area contributed by atoms with Crippen LogP contribution in [0.4, 0.5) is 0 Å². The number of hydrogen-bond acceptors (Lipinski definition) is 2. The average Bonchev–Trinajstić information content (AvgIpc) is 2.94. The molecule has 0 heterocycles. The summed E-state index contributed by atoms with van der Waals surface area (Å²) in [5.41, 5.74) is 9.61. The molecule has 0 saturated heterocycles. The second kappa shape index (κ2) is 9.79. The van der Waals surface area contributed by atoms with Crippen LogP contribution in [0.15, 0.2) is 115 Å². The van der Waals surface area contributed by atoms with Crippen LogP contribution in [0.3, 0.4) is 0 Å². The third kappa shape index (κ3) is 4.62. The normalized spacial score (nSPS) is 10.4. The van der Waals surface area contributed by atoms with Crippen molar-refractivity contribution in [2.45, 2.75) is 0 Å². The predicted molar refractivity (Wildman–Crippen MR) is 147 cm³/mol. The SMILES string of the molecule is N#Cc1cc(-c2cccc(-c3cc(-c4ccccc4)cc(-c4ccccc4)c3)c2)cc(C#N)c1P. The van der Waals surface area contributed by atoms with Gasteiger partial charge in [0.1, 0.15) is 0 Å². The van der Waals surface area contributed by atoms with Gasteiger partial charge in [-0.15, -0.1) is 9.24 Å². The summed E-state index contributed by atoms with van der Waals surface area (Å²) in [6, 6.07) is 43.8.